The van der Waals surface area contributed by atoms with E-state index < -0.39 is 0 Å². The summed E-state index contributed by atoms with van der Waals surface area (Å²) in [4.78, 5) is 6.57. The second kappa shape index (κ2) is 8.47. The number of aromatic nitrogens is 4. The van der Waals surface area contributed by atoms with E-state index >= 15 is 0 Å². The molecule has 6 heteroatoms. The zero-order valence-corrected chi connectivity index (χ0v) is 19.2. The number of allylic oxidation sites excluding steroid dienone is 7. The molecule has 2 heterocycles. The maximum absolute atomic E-state index is 5.64. The largest absolute Gasteiger partial charge is 0.381 e. The average molecular weight is 430 g/mol. The maximum atomic E-state index is 5.64. The fourth-order valence-electron chi connectivity index (χ4n) is 3.98. The van der Waals surface area contributed by atoms with E-state index in [0.29, 0.717) is 4.77 Å². The highest BCUT2D eigenvalue weighted by Gasteiger charge is 2.19. The Kier molecular flexibility index (Phi) is 5.74. The third kappa shape index (κ3) is 4.16. The number of hydrogen-bond acceptors (Lipinski definition) is 4. The monoisotopic (exact) mass is 429 g/mol. The van der Waals surface area contributed by atoms with Crippen molar-refractivity contribution in [1.82, 2.24) is 24.6 Å². The van der Waals surface area contributed by atoms with Crippen LogP contribution in [0.2, 0.25) is 0 Å². The SMILES string of the molecule is C=C(CC1C=C(C)C=C(c2n[nH]c(=S)n2-c2cccc3ncccc23)C(C)=C1)N(C)C. The molecule has 3 aromatic rings. The van der Waals surface area contributed by atoms with Crippen molar-refractivity contribution in [2.45, 2.75) is 20.3 Å². The number of rotatable bonds is 5. The second-order valence-corrected chi connectivity index (χ2v) is 8.57. The zero-order valence-electron chi connectivity index (χ0n) is 18.4. The van der Waals surface area contributed by atoms with Crippen LogP contribution in [0.5, 0.6) is 0 Å². The van der Waals surface area contributed by atoms with Gasteiger partial charge in [-0.05, 0) is 68.4 Å². The molecule has 0 spiro atoms. The number of nitrogens with zero attached hydrogens (tertiary/aromatic N) is 4. The molecule has 1 aliphatic rings. The van der Waals surface area contributed by atoms with Crippen molar-refractivity contribution in [1.29, 1.82) is 0 Å². The molecule has 0 fully saturated rings. The van der Waals surface area contributed by atoms with Gasteiger partial charge in [0, 0.05) is 42.9 Å². The van der Waals surface area contributed by atoms with E-state index in [1.165, 1.54) is 11.1 Å². The Balaban J connectivity index is 1.82. The van der Waals surface area contributed by atoms with E-state index in [1.54, 1.807) is 6.20 Å². The van der Waals surface area contributed by atoms with Gasteiger partial charge < -0.3 is 4.90 Å². The Morgan fingerprint density at radius 3 is 2.77 bits per heavy atom. The first-order valence-corrected chi connectivity index (χ1v) is 10.7. The Labute approximate surface area is 188 Å². The molecule has 1 unspecified atom stereocenters. The third-order valence-electron chi connectivity index (χ3n) is 5.62. The van der Waals surface area contributed by atoms with Crippen LogP contribution in [0.1, 0.15) is 26.1 Å². The molecule has 0 amide bonds. The Bertz CT molecular complexity index is 1300. The van der Waals surface area contributed by atoms with E-state index in [-0.39, 0.29) is 5.92 Å². The fourth-order valence-corrected chi connectivity index (χ4v) is 4.21. The van der Waals surface area contributed by atoms with Crippen LogP contribution in [0.4, 0.5) is 0 Å². The van der Waals surface area contributed by atoms with Gasteiger partial charge in [-0.1, -0.05) is 30.4 Å². The third-order valence-corrected chi connectivity index (χ3v) is 5.89. The standard InChI is InChI=1S/C25H27N5S/c1-16-12-19(15-18(3)29(4)5)14-17(2)21(13-16)24-27-28-25(31)30(24)23-10-6-9-22-20(23)8-7-11-26-22/h6-14,19H,3,15H2,1-2,4-5H3,(H,28,31). The second-order valence-electron chi connectivity index (χ2n) is 8.18. The molecular weight excluding hydrogens is 402 g/mol. The molecule has 31 heavy (non-hydrogen) atoms. The number of hydrogen-bond donors (Lipinski definition) is 1. The average Bonchev–Trinajstić information content (AvgIpc) is 3.05. The first-order chi connectivity index (χ1) is 14.8. The Hall–Kier alpha value is -3.25. The lowest BCUT2D eigenvalue weighted by Crippen LogP contribution is -2.12. The van der Waals surface area contributed by atoms with Gasteiger partial charge in [0.15, 0.2) is 10.6 Å². The maximum Gasteiger partial charge on any atom is 0.200 e. The molecule has 0 bridgehead atoms. The molecule has 0 radical (unpaired) electrons. The summed E-state index contributed by atoms with van der Waals surface area (Å²) in [5, 5.41) is 8.66. The number of aromatic amines is 1. The minimum atomic E-state index is 0.278. The van der Waals surface area contributed by atoms with Gasteiger partial charge in [0.1, 0.15) is 0 Å². The molecule has 0 saturated heterocycles. The molecule has 0 aliphatic heterocycles. The van der Waals surface area contributed by atoms with Crippen LogP contribution >= 0.6 is 12.2 Å². The van der Waals surface area contributed by atoms with Gasteiger partial charge in [-0.3, -0.25) is 14.6 Å². The van der Waals surface area contributed by atoms with Gasteiger partial charge >= 0.3 is 0 Å². The number of H-pyrrole nitrogens is 1. The van der Waals surface area contributed by atoms with Crippen LogP contribution in [0.15, 0.2) is 78.2 Å². The Morgan fingerprint density at radius 1 is 1.19 bits per heavy atom. The summed E-state index contributed by atoms with van der Waals surface area (Å²) in [5.74, 6) is 1.08. The normalized spacial score (nSPS) is 16.4. The van der Waals surface area contributed by atoms with Crippen molar-refractivity contribution >= 4 is 28.7 Å². The summed E-state index contributed by atoms with van der Waals surface area (Å²) in [5.41, 5.74) is 6.41. The van der Waals surface area contributed by atoms with Gasteiger partial charge in [-0.15, -0.1) is 0 Å². The lowest BCUT2D eigenvalue weighted by atomic mass is 9.98. The predicted octanol–water partition coefficient (Wildman–Crippen LogP) is 5.85. The van der Waals surface area contributed by atoms with Crippen molar-refractivity contribution in [2.24, 2.45) is 5.92 Å². The van der Waals surface area contributed by atoms with E-state index in [9.17, 15) is 0 Å². The van der Waals surface area contributed by atoms with Gasteiger partial charge in [-0.2, -0.15) is 5.10 Å². The molecule has 1 atom stereocenters. The summed E-state index contributed by atoms with van der Waals surface area (Å²) >= 11 is 5.64. The summed E-state index contributed by atoms with van der Waals surface area (Å²) in [6.45, 7) is 8.47. The minimum Gasteiger partial charge on any atom is -0.381 e. The lowest BCUT2D eigenvalue weighted by molar-refractivity contribution is 0.476. The lowest BCUT2D eigenvalue weighted by Gasteiger charge is -2.19. The molecule has 4 rings (SSSR count). The highest BCUT2D eigenvalue weighted by Crippen LogP contribution is 2.32. The van der Waals surface area contributed by atoms with Gasteiger partial charge in [0.05, 0.1) is 11.2 Å². The van der Waals surface area contributed by atoms with Crippen LogP contribution in [0, 0.1) is 10.7 Å². The van der Waals surface area contributed by atoms with Crippen molar-refractivity contribution < 1.29 is 0 Å². The minimum absolute atomic E-state index is 0.278. The van der Waals surface area contributed by atoms with Crippen LogP contribution in [-0.4, -0.2) is 38.7 Å². The number of pyridine rings is 1. The molecule has 1 aliphatic carbocycles. The molecular formula is C25H27N5S. The molecule has 1 N–H and O–H groups in total. The van der Waals surface area contributed by atoms with Gasteiger partial charge in [-0.25, -0.2) is 0 Å². The molecule has 0 saturated carbocycles. The summed E-state index contributed by atoms with van der Waals surface area (Å²) in [6, 6.07) is 10.1. The van der Waals surface area contributed by atoms with E-state index in [1.807, 2.05) is 36.9 Å². The van der Waals surface area contributed by atoms with Crippen LogP contribution in [0.25, 0.3) is 22.2 Å². The fraction of sp³-hybridized carbons (Fsp3) is 0.240. The van der Waals surface area contributed by atoms with Gasteiger partial charge in [0.2, 0.25) is 0 Å². The highest BCUT2D eigenvalue weighted by molar-refractivity contribution is 7.71. The van der Waals surface area contributed by atoms with E-state index in [4.69, 9.17) is 12.2 Å². The van der Waals surface area contributed by atoms with Crippen LogP contribution in [-0.2, 0) is 0 Å². The number of fused-ring (bicyclic) bond motifs is 1. The van der Waals surface area contributed by atoms with Crippen molar-refractivity contribution in [2.75, 3.05) is 14.1 Å². The smallest absolute Gasteiger partial charge is 0.200 e. The van der Waals surface area contributed by atoms with Gasteiger partial charge in [0.25, 0.3) is 0 Å². The zero-order chi connectivity index (χ0) is 22.1. The summed E-state index contributed by atoms with van der Waals surface area (Å²) in [6.07, 6.45) is 9.46. The summed E-state index contributed by atoms with van der Waals surface area (Å²) in [7, 11) is 4.07. The van der Waals surface area contributed by atoms with Crippen LogP contribution < -0.4 is 0 Å². The van der Waals surface area contributed by atoms with Crippen LogP contribution in [0.3, 0.4) is 0 Å². The van der Waals surface area contributed by atoms with E-state index in [0.717, 1.165) is 40.1 Å². The molecule has 158 valence electrons. The van der Waals surface area contributed by atoms with Crippen molar-refractivity contribution in [3.05, 3.63) is 88.8 Å². The topological polar surface area (TPSA) is 49.7 Å². The first kappa shape index (κ1) is 21.0. The summed E-state index contributed by atoms with van der Waals surface area (Å²) < 4.78 is 2.57. The highest BCUT2D eigenvalue weighted by atomic mass is 32.1. The predicted molar refractivity (Wildman–Crippen MR) is 130 cm³/mol. The molecule has 1 aromatic carbocycles. The van der Waals surface area contributed by atoms with Crippen molar-refractivity contribution in [3.8, 4) is 5.69 Å². The molecule has 5 nitrogen and oxygen atoms in total. The van der Waals surface area contributed by atoms with E-state index in [2.05, 4.69) is 70.9 Å². The Morgan fingerprint density at radius 2 is 2.00 bits per heavy atom. The quantitative estimate of drug-likeness (QED) is 0.517. The number of nitrogens with one attached hydrogen (secondary N) is 1. The molecule has 2 aromatic heterocycles. The first-order valence-electron chi connectivity index (χ1n) is 10.3. The van der Waals surface area contributed by atoms with Crippen molar-refractivity contribution in [3.63, 3.8) is 0 Å². The number of benzene rings is 1.